The van der Waals surface area contributed by atoms with Gasteiger partial charge >= 0.3 is 0 Å². The SMILES string of the molecule is CN1CCN(C(=O)c2ccc(-c3cc4c(NCCCO)ncnc4[nH]3)cc2)CC1. The second-order valence-electron chi connectivity index (χ2n) is 7.34. The fraction of sp³-hybridized carbons (Fsp3) is 0.381. The van der Waals surface area contributed by atoms with Crippen LogP contribution in [-0.2, 0) is 0 Å². The van der Waals surface area contributed by atoms with Gasteiger partial charge < -0.3 is 25.2 Å². The molecule has 0 bridgehead atoms. The Morgan fingerprint density at radius 2 is 1.93 bits per heavy atom. The fourth-order valence-corrected chi connectivity index (χ4v) is 3.51. The van der Waals surface area contributed by atoms with Gasteiger partial charge in [-0.15, -0.1) is 0 Å². The zero-order valence-corrected chi connectivity index (χ0v) is 16.6. The van der Waals surface area contributed by atoms with Gasteiger partial charge in [-0.25, -0.2) is 9.97 Å². The molecular weight excluding hydrogens is 368 g/mol. The van der Waals surface area contributed by atoms with Gasteiger partial charge in [-0.2, -0.15) is 0 Å². The molecule has 3 N–H and O–H groups in total. The van der Waals surface area contributed by atoms with Crippen molar-refractivity contribution >= 4 is 22.8 Å². The fourth-order valence-electron chi connectivity index (χ4n) is 3.51. The Balaban J connectivity index is 1.52. The van der Waals surface area contributed by atoms with Crippen LogP contribution in [0.3, 0.4) is 0 Å². The first-order valence-corrected chi connectivity index (χ1v) is 9.92. The van der Waals surface area contributed by atoms with Crippen molar-refractivity contribution in [2.45, 2.75) is 6.42 Å². The van der Waals surface area contributed by atoms with Crippen molar-refractivity contribution in [1.82, 2.24) is 24.8 Å². The molecule has 0 saturated carbocycles. The molecule has 8 nitrogen and oxygen atoms in total. The van der Waals surface area contributed by atoms with E-state index in [1.54, 1.807) is 0 Å². The van der Waals surface area contributed by atoms with Crippen molar-refractivity contribution in [3.05, 3.63) is 42.2 Å². The summed E-state index contributed by atoms with van der Waals surface area (Å²) >= 11 is 0. The van der Waals surface area contributed by atoms with Crippen molar-refractivity contribution in [3.8, 4) is 11.3 Å². The Bertz CT molecular complexity index is 977. The number of carbonyl (C=O) groups excluding carboxylic acids is 1. The molecule has 1 aliphatic heterocycles. The van der Waals surface area contributed by atoms with Gasteiger partial charge in [0.1, 0.15) is 17.8 Å². The maximum atomic E-state index is 12.7. The van der Waals surface area contributed by atoms with Crippen molar-refractivity contribution < 1.29 is 9.90 Å². The van der Waals surface area contributed by atoms with Crippen molar-refractivity contribution in [1.29, 1.82) is 0 Å². The topological polar surface area (TPSA) is 97.4 Å². The number of piperazine rings is 1. The minimum absolute atomic E-state index is 0.0857. The van der Waals surface area contributed by atoms with Crippen LogP contribution in [0.4, 0.5) is 5.82 Å². The Labute approximate surface area is 169 Å². The summed E-state index contributed by atoms with van der Waals surface area (Å²) in [4.78, 5) is 28.8. The van der Waals surface area contributed by atoms with Crippen LogP contribution in [0.5, 0.6) is 0 Å². The Morgan fingerprint density at radius 1 is 1.17 bits per heavy atom. The number of carbonyl (C=O) groups is 1. The van der Waals surface area contributed by atoms with Crippen LogP contribution in [0.1, 0.15) is 16.8 Å². The van der Waals surface area contributed by atoms with Gasteiger partial charge in [0, 0.05) is 50.6 Å². The quantitative estimate of drug-likeness (QED) is 0.552. The summed E-state index contributed by atoms with van der Waals surface area (Å²) in [5.74, 6) is 0.829. The van der Waals surface area contributed by atoms with Crippen LogP contribution in [-0.4, -0.2) is 82.1 Å². The molecule has 1 amide bonds. The Hall–Kier alpha value is -2.97. The maximum absolute atomic E-state index is 12.7. The van der Waals surface area contributed by atoms with E-state index < -0.39 is 0 Å². The molecule has 0 aliphatic carbocycles. The van der Waals surface area contributed by atoms with E-state index in [9.17, 15) is 4.79 Å². The third-order valence-corrected chi connectivity index (χ3v) is 5.29. The van der Waals surface area contributed by atoms with E-state index in [2.05, 4.69) is 32.2 Å². The number of hydrogen-bond donors (Lipinski definition) is 3. The van der Waals surface area contributed by atoms with Gasteiger partial charge in [0.25, 0.3) is 5.91 Å². The number of likely N-dealkylation sites (N-methyl/N-ethyl adjacent to an activating group) is 1. The third-order valence-electron chi connectivity index (χ3n) is 5.29. The summed E-state index contributed by atoms with van der Waals surface area (Å²) in [5, 5.41) is 13.1. The average molecular weight is 394 g/mol. The summed E-state index contributed by atoms with van der Waals surface area (Å²) in [6.45, 7) is 4.14. The number of amides is 1. The van der Waals surface area contributed by atoms with E-state index in [0.717, 1.165) is 54.3 Å². The number of rotatable bonds is 6. The molecule has 0 radical (unpaired) electrons. The van der Waals surface area contributed by atoms with Gasteiger partial charge in [-0.3, -0.25) is 4.79 Å². The lowest BCUT2D eigenvalue weighted by Crippen LogP contribution is -2.47. The first kappa shape index (κ1) is 19.4. The molecule has 0 atom stereocenters. The molecule has 1 aromatic carbocycles. The number of H-pyrrole nitrogens is 1. The molecule has 1 saturated heterocycles. The monoisotopic (exact) mass is 394 g/mol. The van der Waals surface area contributed by atoms with E-state index >= 15 is 0 Å². The minimum Gasteiger partial charge on any atom is -0.396 e. The molecule has 29 heavy (non-hydrogen) atoms. The highest BCUT2D eigenvalue weighted by molar-refractivity contribution is 5.95. The Kier molecular flexibility index (Phi) is 5.73. The number of anilines is 1. The van der Waals surface area contributed by atoms with Crippen molar-refractivity contribution in [2.24, 2.45) is 0 Å². The van der Waals surface area contributed by atoms with E-state index in [1.807, 2.05) is 35.2 Å². The van der Waals surface area contributed by atoms with Crippen LogP contribution < -0.4 is 5.32 Å². The van der Waals surface area contributed by atoms with E-state index in [0.29, 0.717) is 18.5 Å². The molecule has 1 aliphatic rings. The van der Waals surface area contributed by atoms with Crippen LogP contribution >= 0.6 is 0 Å². The molecule has 0 unspecified atom stereocenters. The molecule has 3 aromatic rings. The number of benzene rings is 1. The molecule has 0 spiro atoms. The number of fused-ring (bicyclic) bond motifs is 1. The van der Waals surface area contributed by atoms with Crippen molar-refractivity contribution in [3.63, 3.8) is 0 Å². The summed E-state index contributed by atoms with van der Waals surface area (Å²) < 4.78 is 0. The number of aromatic nitrogens is 3. The second kappa shape index (κ2) is 8.59. The smallest absolute Gasteiger partial charge is 0.253 e. The number of aliphatic hydroxyl groups is 1. The highest BCUT2D eigenvalue weighted by Crippen LogP contribution is 2.27. The van der Waals surface area contributed by atoms with Crippen molar-refractivity contribution in [2.75, 3.05) is 51.7 Å². The highest BCUT2D eigenvalue weighted by Gasteiger charge is 2.20. The maximum Gasteiger partial charge on any atom is 0.253 e. The number of aromatic amines is 1. The molecule has 2 aromatic heterocycles. The third kappa shape index (κ3) is 4.23. The number of nitrogens with zero attached hydrogens (tertiary/aromatic N) is 4. The van der Waals surface area contributed by atoms with Gasteiger partial charge in [-0.1, -0.05) is 12.1 Å². The Morgan fingerprint density at radius 3 is 2.66 bits per heavy atom. The van der Waals surface area contributed by atoms with Gasteiger partial charge in [0.2, 0.25) is 0 Å². The van der Waals surface area contributed by atoms with Crippen LogP contribution in [0.15, 0.2) is 36.7 Å². The van der Waals surface area contributed by atoms with E-state index in [1.165, 1.54) is 6.33 Å². The van der Waals surface area contributed by atoms with Gasteiger partial charge in [0.05, 0.1) is 5.39 Å². The lowest BCUT2D eigenvalue weighted by Gasteiger charge is -2.32. The zero-order chi connectivity index (χ0) is 20.2. The van der Waals surface area contributed by atoms with Crippen LogP contribution in [0.25, 0.3) is 22.3 Å². The van der Waals surface area contributed by atoms with Crippen LogP contribution in [0, 0.1) is 0 Å². The molecule has 3 heterocycles. The second-order valence-corrected chi connectivity index (χ2v) is 7.34. The summed E-state index contributed by atoms with van der Waals surface area (Å²) in [7, 11) is 2.08. The summed E-state index contributed by atoms with van der Waals surface area (Å²) in [6, 6.07) is 9.69. The number of hydrogen-bond acceptors (Lipinski definition) is 6. The minimum atomic E-state index is 0.0857. The predicted octanol–water partition coefficient (Wildman–Crippen LogP) is 1.81. The largest absolute Gasteiger partial charge is 0.396 e. The van der Waals surface area contributed by atoms with Crippen LogP contribution in [0.2, 0.25) is 0 Å². The molecule has 152 valence electrons. The summed E-state index contributed by atoms with van der Waals surface area (Å²) in [5.41, 5.74) is 3.36. The predicted molar refractivity (Wildman–Crippen MR) is 113 cm³/mol. The number of nitrogens with one attached hydrogen (secondary N) is 2. The normalized spacial score (nSPS) is 15.0. The molecule has 4 rings (SSSR count). The summed E-state index contributed by atoms with van der Waals surface area (Å²) in [6.07, 6.45) is 2.17. The first-order chi connectivity index (χ1) is 14.2. The molecule has 1 fully saturated rings. The number of aliphatic hydroxyl groups excluding tert-OH is 1. The van der Waals surface area contributed by atoms with E-state index in [4.69, 9.17) is 5.11 Å². The highest BCUT2D eigenvalue weighted by atomic mass is 16.3. The lowest BCUT2D eigenvalue weighted by molar-refractivity contribution is 0.0664. The first-order valence-electron chi connectivity index (χ1n) is 9.92. The average Bonchev–Trinajstić information content (AvgIpc) is 3.19. The van der Waals surface area contributed by atoms with E-state index in [-0.39, 0.29) is 12.5 Å². The zero-order valence-electron chi connectivity index (χ0n) is 16.6. The van der Waals surface area contributed by atoms with Gasteiger partial charge in [-0.05, 0) is 37.2 Å². The van der Waals surface area contributed by atoms with Gasteiger partial charge in [0.15, 0.2) is 0 Å². The standard InChI is InChI=1S/C21H26N6O2/c1-26-8-10-27(11-9-26)21(29)16-5-3-15(4-6-16)18-13-17-19(22-7-2-12-28)23-14-24-20(17)25-18/h3-6,13-14,28H,2,7-12H2,1H3,(H2,22,23,24,25). The molecular formula is C21H26N6O2. The lowest BCUT2D eigenvalue weighted by atomic mass is 10.1. The molecule has 8 heteroatoms.